The molecule has 9 heteroatoms. The van der Waals surface area contributed by atoms with E-state index in [0.717, 1.165) is 31.7 Å². The maximum atomic E-state index is 11.0. The quantitative estimate of drug-likeness (QED) is 0.150. The third-order valence-electron chi connectivity index (χ3n) is 4.04. The molecular weight excluding hydrogens is 429 g/mol. The summed E-state index contributed by atoms with van der Waals surface area (Å²) in [4.78, 5) is 23.3. The number of amides is 1. The van der Waals surface area contributed by atoms with E-state index in [1.54, 1.807) is 18.0 Å². The van der Waals surface area contributed by atoms with Crippen molar-refractivity contribution in [3.63, 3.8) is 0 Å². The Balaban J connectivity index is -0.000000433. The Morgan fingerprint density at radius 2 is 1.71 bits per heavy atom. The van der Waals surface area contributed by atoms with Crippen LogP contribution in [0.4, 0.5) is 0 Å². The van der Waals surface area contributed by atoms with Crippen molar-refractivity contribution in [2.45, 2.75) is 72.1 Å². The maximum absolute atomic E-state index is 11.0. The minimum atomic E-state index is -4.15. The molecule has 1 rings (SSSR count). The fourth-order valence-corrected chi connectivity index (χ4v) is 2.34. The molecule has 1 amide bonds. The first-order valence-corrected chi connectivity index (χ1v) is 11.7. The van der Waals surface area contributed by atoms with Gasteiger partial charge < -0.3 is 14.2 Å². The second-order valence-corrected chi connectivity index (χ2v) is 8.72. The van der Waals surface area contributed by atoms with Crippen LogP contribution in [0.15, 0.2) is 36.9 Å². The molecule has 0 atom stereocenters. The van der Waals surface area contributed by atoms with Crippen molar-refractivity contribution in [3.8, 4) is 0 Å². The third-order valence-corrected chi connectivity index (χ3v) is 4.45. The molecule has 0 radical (unpaired) electrons. The van der Waals surface area contributed by atoms with Crippen LogP contribution < -0.4 is 29.6 Å². The molecule has 0 unspecified atom stereocenters. The van der Waals surface area contributed by atoms with Crippen LogP contribution in [0.1, 0.15) is 72.1 Å². The Kier molecular flexibility index (Phi) is 23.4. The van der Waals surface area contributed by atoms with Crippen molar-refractivity contribution < 1.29 is 56.9 Å². The Morgan fingerprint density at radius 1 is 1.19 bits per heavy atom. The number of hydrogen-bond donors (Lipinski definition) is 0. The molecule has 0 saturated carbocycles. The summed E-state index contributed by atoms with van der Waals surface area (Å²) in [5.41, 5.74) is 0.483. The monoisotopic (exact) mass is 467 g/mol. The van der Waals surface area contributed by atoms with E-state index in [-0.39, 0.29) is 41.4 Å². The molecule has 1 aliphatic rings. The number of carbonyl (C=O) groups is 2. The largest absolute Gasteiger partial charge is 1.00 e. The van der Waals surface area contributed by atoms with Crippen LogP contribution >= 0.6 is 0 Å². The molecule has 0 bridgehead atoms. The summed E-state index contributed by atoms with van der Waals surface area (Å²) in [6, 6.07) is 0. The summed E-state index contributed by atoms with van der Waals surface area (Å²) < 4.78 is 33.0. The van der Waals surface area contributed by atoms with E-state index in [2.05, 4.69) is 33.6 Å². The number of carbonyl (C=O) groups excluding carboxylic acids is 2. The van der Waals surface area contributed by atoms with Crippen molar-refractivity contribution in [2.24, 2.45) is 5.92 Å². The van der Waals surface area contributed by atoms with Crippen LogP contribution in [0.3, 0.4) is 0 Å². The van der Waals surface area contributed by atoms with Crippen LogP contribution in [0.25, 0.3) is 0 Å². The van der Waals surface area contributed by atoms with Crippen molar-refractivity contribution >= 4 is 22.0 Å². The predicted octanol–water partition coefficient (Wildman–Crippen LogP) is 1.53. The minimum Gasteiger partial charge on any atom is -0.745 e. The van der Waals surface area contributed by atoms with Crippen molar-refractivity contribution in [1.82, 2.24) is 4.90 Å². The maximum Gasteiger partial charge on any atom is 1.00 e. The summed E-state index contributed by atoms with van der Waals surface area (Å²) in [5, 5.41) is 0.354. The normalized spacial score (nSPS) is 12.5. The average molecular weight is 468 g/mol. The van der Waals surface area contributed by atoms with Crippen LogP contribution in [-0.4, -0.2) is 42.9 Å². The van der Waals surface area contributed by atoms with E-state index in [1.807, 2.05) is 0 Å². The summed E-state index contributed by atoms with van der Waals surface area (Å²) in [5.74, 6) is 0.760. The zero-order valence-corrected chi connectivity index (χ0v) is 22.5. The van der Waals surface area contributed by atoms with Gasteiger partial charge in [0.1, 0.15) is 10.1 Å². The number of nitrogens with zero attached hydrogens (tertiary/aromatic N) is 1. The van der Waals surface area contributed by atoms with Crippen molar-refractivity contribution in [1.29, 1.82) is 0 Å². The molecule has 1 aliphatic heterocycles. The molecule has 0 spiro atoms. The average Bonchev–Trinajstić information content (AvgIpc) is 3.08. The Bertz CT molecular complexity index is 635. The molecule has 0 aromatic carbocycles. The van der Waals surface area contributed by atoms with Gasteiger partial charge in [0.05, 0.1) is 6.61 Å². The summed E-state index contributed by atoms with van der Waals surface area (Å²) in [7, 11) is -4.15. The minimum absolute atomic E-state index is 0. The first-order chi connectivity index (χ1) is 13.9. The predicted molar refractivity (Wildman–Crippen MR) is 119 cm³/mol. The Morgan fingerprint density at radius 3 is 2.06 bits per heavy atom. The molecule has 31 heavy (non-hydrogen) atoms. The third kappa shape index (κ3) is 25.2. The standard InChI is InChI=1S/C14H26O2.C6H9NO.C2H4O3S.Na/c1-12(2)10-8-6-5-7-9-11-16-14(15)13(3)4;1-2-7-5-3-4-6(7)8;1-2-6(3,4)5;/h12H,3,5-11H2,1-2,4H3;2H,1,3-5H2;2H,1H2,(H,3,4,5);/q;;;+1/p-1. The van der Waals surface area contributed by atoms with E-state index in [9.17, 15) is 22.6 Å². The number of rotatable bonds is 11. The van der Waals surface area contributed by atoms with Gasteiger partial charge in [-0.1, -0.05) is 65.7 Å². The van der Waals surface area contributed by atoms with E-state index >= 15 is 0 Å². The summed E-state index contributed by atoms with van der Waals surface area (Å²) in [6.07, 6.45) is 10.6. The number of ether oxygens (including phenoxy) is 1. The van der Waals surface area contributed by atoms with Gasteiger partial charge >= 0.3 is 35.5 Å². The Labute approximate surface area is 211 Å². The van der Waals surface area contributed by atoms with Gasteiger partial charge in [-0.05, 0) is 31.9 Å². The van der Waals surface area contributed by atoms with Gasteiger partial charge in [0.15, 0.2) is 0 Å². The van der Waals surface area contributed by atoms with Crippen molar-refractivity contribution in [2.75, 3.05) is 13.2 Å². The first-order valence-electron chi connectivity index (χ1n) is 10.3. The molecule has 174 valence electrons. The SMILES string of the molecule is C=C(C)C(=O)OCCCCCCCC(C)C.C=CN1CCCC1=O.C=CS(=O)(=O)[O-].[Na+]. The zero-order valence-electron chi connectivity index (χ0n) is 19.7. The van der Waals surface area contributed by atoms with Crippen LogP contribution in [0.2, 0.25) is 0 Å². The van der Waals surface area contributed by atoms with Gasteiger partial charge in [0, 0.05) is 23.9 Å². The molecule has 0 aromatic rings. The summed E-state index contributed by atoms with van der Waals surface area (Å²) >= 11 is 0. The van der Waals surface area contributed by atoms with Gasteiger partial charge in [0.2, 0.25) is 5.91 Å². The zero-order chi connectivity index (χ0) is 23.6. The van der Waals surface area contributed by atoms with E-state index in [0.29, 0.717) is 24.0 Å². The number of esters is 1. The van der Waals surface area contributed by atoms with E-state index < -0.39 is 10.1 Å². The second kappa shape index (κ2) is 20.9. The number of likely N-dealkylation sites (tertiary alicyclic amines) is 1. The number of hydrogen-bond acceptors (Lipinski definition) is 6. The second-order valence-electron chi connectivity index (χ2n) is 7.40. The van der Waals surface area contributed by atoms with Crippen LogP contribution in [0, 0.1) is 5.92 Å². The molecule has 0 aliphatic carbocycles. The van der Waals surface area contributed by atoms with Crippen molar-refractivity contribution in [3.05, 3.63) is 36.9 Å². The van der Waals surface area contributed by atoms with Gasteiger partial charge in [-0.25, -0.2) is 13.2 Å². The molecule has 0 aromatic heterocycles. The van der Waals surface area contributed by atoms with Gasteiger partial charge in [-0.2, -0.15) is 0 Å². The van der Waals surface area contributed by atoms with Gasteiger partial charge in [-0.3, -0.25) is 4.79 Å². The first kappa shape index (κ1) is 34.7. The Hall–Kier alpha value is -0.930. The van der Waals surface area contributed by atoms with Gasteiger partial charge in [0.25, 0.3) is 0 Å². The van der Waals surface area contributed by atoms with E-state index in [4.69, 9.17) is 4.74 Å². The fraction of sp³-hybridized carbons (Fsp3) is 0.636. The fourth-order valence-electron chi connectivity index (χ4n) is 2.34. The van der Waals surface area contributed by atoms with Gasteiger partial charge in [-0.15, -0.1) is 0 Å². The smallest absolute Gasteiger partial charge is 0.745 e. The molecule has 1 heterocycles. The number of unbranched alkanes of at least 4 members (excludes halogenated alkanes) is 4. The molecule has 1 fully saturated rings. The van der Waals surface area contributed by atoms with E-state index in [1.165, 1.54) is 25.7 Å². The summed E-state index contributed by atoms with van der Waals surface area (Å²) in [6.45, 7) is 17.4. The molecular formula is C22H38NNaO6S. The van der Waals surface area contributed by atoms with Crippen LogP contribution in [-0.2, 0) is 24.4 Å². The molecule has 7 nitrogen and oxygen atoms in total. The molecule has 1 saturated heterocycles. The van der Waals surface area contributed by atoms with Crippen LogP contribution in [0.5, 0.6) is 0 Å². The molecule has 0 N–H and O–H groups in total. The topological polar surface area (TPSA) is 104 Å².